The Balaban J connectivity index is 1.74. The molecule has 1 aromatic heterocycles. The molecule has 128 valence electrons. The predicted octanol–water partition coefficient (Wildman–Crippen LogP) is 2.00. The van der Waals surface area contributed by atoms with E-state index in [2.05, 4.69) is 17.0 Å². The van der Waals surface area contributed by atoms with Gasteiger partial charge < -0.3 is 9.80 Å². The first kappa shape index (κ1) is 16.3. The monoisotopic (exact) mass is 330 g/mol. The first-order chi connectivity index (χ1) is 10.7. The fraction of sp³-hybridized carbons (Fsp3) is 0.733. The van der Waals surface area contributed by atoms with Crippen molar-refractivity contribution >= 4 is 5.91 Å². The zero-order valence-electron chi connectivity index (χ0n) is 13.4. The minimum atomic E-state index is -4.53. The number of rotatable bonds is 1. The first-order valence-electron chi connectivity index (χ1n) is 7.79. The topological polar surface area (TPSA) is 41.4 Å². The van der Waals surface area contributed by atoms with Gasteiger partial charge in [-0.05, 0) is 44.8 Å². The summed E-state index contributed by atoms with van der Waals surface area (Å²) in [6.45, 7) is 3.25. The molecule has 2 aliphatic heterocycles. The molecule has 23 heavy (non-hydrogen) atoms. The summed E-state index contributed by atoms with van der Waals surface area (Å²) in [5.74, 6) is -0.355. The highest BCUT2D eigenvalue weighted by atomic mass is 19.4. The maximum Gasteiger partial charge on any atom is 0.435 e. The fourth-order valence-corrected chi connectivity index (χ4v) is 3.58. The molecule has 3 heterocycles. The van der Waals surface area contributed by atoms with E-state index in [4.69, 9.17) is 0 Å². The Hall–Kier alpha value is -1.57. The molecule has 1 amide bonds. The van der Waals surface area contributed by atoms with Gasteiger partial charge in [0.1, 0.15) is 5.69 Å². The molecule has 1 spiro atoms. The maximum absolute atomic E-state index is 12.7. The van der Waals surface area contributed by atoms with Crippen molar-refractivity contribution in [2.75, 3.05) is 33.2 Å². The molecule has 0 atom stereocenters. The van der Waals surface area contributed by atoms with Gasteiger partial charge in [0.25, 0.3) is 5.91 Å². The molecule has 0 aromatic carbocycles. The van der Waals surface area contributed by atoms with Crippen LogP contribution in [0.4, 0.5) is 13.2 Å². The molecule has 0 aliphatic carbocycles. The van der Waals surface area contributed by atoms with E-state index in [1.165, 1.54) is 7.05 Å². The van der Waals surface area contributed by atoms with Crippen LogP contribution in [-0.4, -0.2) is 58.7 Å². The van der Waals surface area contributed by atoms with Crippen molar-refractivity contribution in [3.63, 3.8) is 0 Å². The lowest BCUT2D eigenvalue weighted by Gasteiger charge is -2.37. The highest BCUT2D eigenvalue weighted by molar-refractivity contribution is 5.93. The van der Waals surface area contributed by atoms with Crippen LogP contribution in [0.5, 0.6) is 0 Å². The highest BCUT2D eigenvalue weighted by Gasteiger charge is 2.43. The normalized spacial score (nSPS) is 22.0. The summed E-state index contributed by atoms with van der Waals surface area (Å²) in [5.41, 5.74) is -0.882. The fourth-order valence-electron chi connectivity index (χ4n) is 3.58. The maximum atomic E-state index is 12.7. The summed E-state index contributed by atoms with van der Waals surface area (Å²) in [6, 6.07) is 0.849. The number of likely N-dealkylation sites (tertiary alicyclic amines) is 2. The molecule has 3 rings (SSSR count). The van der Waals surface area contributed by atoms with Crippen LogP contribution in [-0.2, 0) is 13.2 Å². The molecule has 0 bridgehead atoms. The number of aromatic nitrogens is 2. The summed E-state index contributed by atoms with van der Waals surface area (Å²) < 4.78 is 39.2. The quantitative estimate of drug-likeness (QED) is 0.791. The van der Waals surface area contributed by atoms with Crippen LogP contribution >= 0.6 is 0 Å². The highest BCUT2D eigenvalue weighted by Crippen LogP contribution is 2.40. The molecule has 8 heteroatoms. The van der Waals surface area contributed by atoms with Gasteiger partial charge in [-0.1, -0.05) is 0 Å². The van der Waals surface area contributed by atoms with Crippen molar-refractivity contribution in [2.24, 2.45) is 12.5 Å². The Kier molecular flexibility index (Phi) is 3.90. The van der Waals surface area contributed by atoms with Gasteiger partial charge in [-0.2, -0.15) is 18.3 Å². The average molecular weight is 330 g/mol. The third-order valence-electron chi connectivity index (χ3n) is 5.16. The molecule has 0 unspecified atom stereocenters. The summed E-state index contributed by atoms with van der Waals surface area (Å²) in [7, 11) is 3.46. The van der Waals surface area contributed by atoms with Gasteiger partial charge in [-0.3, -0.25) is 9.48 Å². The second-order valence-electron chi connectivity index (χ2n) is 6.82. The molecular weight excluding hydrogens is 309 g/mol. The Morgan fingerprint density at radius 1 is 1.17 bits per heavy atom. The van der Waals surface area contributed by atoms with Gasteiger partial charge >= 0.3 is 6.18 Å². The summed E-state index contributed by atoms with van der Waals surface area (Å²) in [4.78, 5) is 16.5. The Labute approximate surface area is 133 Å². The van der Waals surface area contributed by atoms with E-state index in [9.17, 15) is 18.0 Å². The van der Waals surface area contributed by atoms with E-state index in [0.29, 0.717) is 13.1 Å². The zero-order chi connectivity index (χ0) is 16.8. The number of carbonyl (C=O) groups excluding carboxylic acids is 1. The smallest absolute Gasteiger partial charge is 0.337 e. The molecule has 1 aromatic rings. The van der Waals surface area contributed by atoms with Crippen molar-refractivity contribution in [1.82, 2.24) is 19.6 Å². The number of alkyl halides is 3. The number of aryl methyl sites for hydroxylation is 1. The Morgan fingerprint density at radius 3 is 2.35 bits per heavy atom. The summed E-state index contributed by atoms with van der Waals surface area (Å²) in [5, 5.41) is 3.43. The third kappa shape index (κ3) is 3.08. The largest absolute Gasteiger partial charge is 0.435 e. The van der Waals surface area contributed by atoms with Gasteiger partial charge in [-0.15, -0.1) is 0 Å². The number of hydrogen-bond donors (Lipinski definition) is 0. The van der Waals surface area contributed by atoms with Gasteiger partial charge in [0.05, 0.1) is 0 Å². The molecule has 0 saturated carbocycles. The molecule has 0 radical (unpaired) electrons. The molecular formula is C15H21F3N4O. The predicted molar refractivity (Wildman–Crippen MR) is 77.9 cm³/mol. The number of amides is 1. The minimum absolute atomic E-state index is 0.00213. The standard InChI is InChI=1S/C15H21F3N4O/c1-20-6-3-14(4-7-20)5-8-22(10-14)13(23)11-9-12(15(16,17)18)19-21(11)2/h9H,3-8,10H2,1-2H3. The SMILES string of the molecule is CN1CCC2(CC1)CCN(C(=O)c1cc(C(F)(F)F)nn1C)C2. The van der Waals surface area contributed by atoms with Crippen molar-refractivity contribution in [1.29, 1.82) is 0 Å². The first-order valence-corrected chi connectivity index (χ1v) is 7.79. The summed E-state index contributed by atoms with van der Waals surface area (Å²) >= 11 is 0. The lowest BCUT2D eigenvalue weighted by Crippen LogP contribution is -2.40. The molecule has 5 nitrogen and oxygen atoms in total. The van der Waals surface area contributed by atoms with Crippen LogP contribution in [0.15, 0.2) is 6.07 Å². The third-order valence-corrected chi connectivity index (χ3v) is 5.16. The van der Waals surface area contributed by atoms with Crippen molar-refractivity contribution in [3.05, 3.63) is 17.5 Å². The number of hydrogen-bond acceptors (Lipinski definition) is 3. The number of halogens is 3. The number of carbonyl (C=O) groups is 1. The summed E-state index contributed by atoms with van der Waals surface area (Å²) in [6.07, 6.45) is -1.54. The van der Waals surface area contributed by atoms with E-state index in [1.54, 1.807) is 4.90 Å². The zero-order valence-corrected chi connectivity index (χ0v) is 13.4. The van der Waals surface area contributed by atoms with Gasteiger partial charge in [0.2, 0.25) is 0 Å². The van der Waals surface area contributed by atoms with Crippen LogP contribution in [0, 0.1) is 5.41 Å². The lowest BCUT2D eigenvalue weighted by atomic mass is 9.78. The van der Waals surface area contributed by atoms with E-state index in [-0.39, 0.29) is 17.0 Å². The van der Waals surface area contributed by atoms with Crippen LogP contribution in [0.25, 0.3) is 0 Å². The minimum Gasteiger partial charge on any atom is -0.337 e. The van der Waals surface area contributed by atoms with Crippen molar-refractivity contribution < 1.29 is 18.0 Å². The van der Waals surface area contributed by atoms with Crippen LogP contribution in [0.1, 0.15) is 35.4 Å². The van der Waals surface area contributed by atoms with Crippen LogP contribution in [0.2, 0.25) is 0 Å². The van der Waals surface area contributed by atoms with Gasteiger partial charge in [0.15, 0.2) is 5.69 Å². The van der Waals surface area contributed by atoms with E-state index >= 15 is 0 Å². The number of piperidine rings is 1. The van der Waals surface area contributed by atoms with Crippen LogP contribution in [0.3, 0.4) is 0 Å². The molecule has 2 saturated heterocycles. The lowest BCUT2D eigenvalue weighted by molar-refractivity contribution is -0.141. The van der Waals surface area contributed by atoms with Crippen molar-refractivity contribution in [3.8, 4) is 0 Å². The van der Waals surface area contributed by atoms with E-state index in [0.717, 1.165) is 43.1 Å². The molecule has 2 fully saturated rings. The number of nitrogens with zero attached hydrogens (tertiary/aromatic N) is 4. The molecule has 0 N–H and O–H groups in total. The Morgan fingerprint density at radius 2 is 1.78 bits per heavy atom. The second-order valence-corrected chi connectivity index (χ2v) is 6.82. The van der Waals surface area contributed by atoms with Crippen molar-refractivity contribution in [2.45, 2.75) is 25.4 Å². The van der Waals surface area contributed by atoms with Crippen LogP contribution < -0.4 is 0 Å². The van der Waals surface area contributed by atoms with Gasteiger partial charge in [0, 0.05) is 26.2 Å². The van der Waals surface area contributed by atoms with Gasteiger partial charge in [-0.25, -0.2) is 0 Å². The second kappa shape index (κ2) is 5.51. The molecule has 2 aliphatic rings. The van der Waals surface area contributed by atoms with E-state index < -0.39 is 11.9 Å². The Bertz CT molecular complexity index is 602. The average Bonchev–Trinajstić information content (AvgIpc) is 3.06. The van der Waals surface area contributed by atoms with E-state index in [1.807, 2.05) is 0 Å².